The minimum Gasteiger partial charge on any atom is -0.382 e. The molecule has 0 radical (unpaired) electrons. The largest absolute Gasteiger partial charge is 0.382 e. The first-order valence-corrected chi connectivity index (χ1v) is 9.13. The van der Waals surface area contributed by atoms with Gasteiger partial charge in [0.15, 0.2) is 5.13 Å². The monoisotopic (exact) mass is 318 g/mol. The summed E-state index contributed by atoms with van der Waals surface area (Å²) in [5, 5.41) is 6.43. The van der Waals surface area contributed by atoms with Crippen molar-refractivity contribution in [3.05, 3.63) is 4.88 Å². The van der Waals surface area contributed by atoms with E-state index < -0.39 is 15.9 Å². The van der Waals surface area contributed by atoms with Gasteiger partial charge in [0.2, 0.25) is 0 Å². The zero-order chi connectivity index (χ0) is 14.9. The van der Waals surface area contributed by atoms with Gasteiger partial charge in [0.1, 0.15) is 20.5 Å². The molecule has 1 aromatic rings. The fourth-order valence-electron chi connectivity index (χ4n) is 1.74. The Balaban J connectivity index is 1.99. The number of amides is 1. The minimum absolute atomic E-state index is 0.107. The fraction of sp³-hybridized carbons (Fsp3) is 0.636. The Morgan fingerprint density at radius 3 is 2.75 bits per heavy atom. The summed E-state index contributed by atoms with van der Waals surface area (Å²) in [6.45, 7) is 1.64. The van der Waals surface area contributed by atoms with Crippen LogP contribution in [-0.2, 0) is 9.84 Å². The van der Waals surface area contributed by atoms with E-state index in [1.165, 1.54) is 11.3 Å². The van der Waals surface area contributed by atoms with E-state index in [0.717, 1.165) is 19.1 Å². The van der Waals surface area contributed by atoms with Crippen LogP contribution in [0.4, 0.5) is 10.9 Å². The standard InChI is InChI=1S/C11H18N4O3S2/c1-6(5-20(2,17)18)13-10(16)8-9(12)15-11(19-8)14-7-3-4-7/h6-7H,3-5,12H2,1-2H3,(H,13,16)(H,14,15). The molecule has 112 valence electrons. The SMILES string of the molecule is CC(CS(C)(=O)=O)NC(=O)c1sc(NC2CC2)nc1N. The Bertz CT molecular complexity index is 607. The van der Waals surface area contributed by atoms with E-state index in [1.54, 1.807) is 6.92 Å². The van der Waals surface area contributed by atoms with Crippen LogP contribution in [0.1, 0.15) is 29.4 Å². The molecule has 9 heteroatoms. The highest BCUT2D eigenvalue weighted by Crippen LogP contribution is 2.30. The number of anilines is 2. The van der Waals surface area contributed by atoms with Gasteiger partial charge in [-0.3, -0.25) is 4.79 Å². The molecule has 0 saturated heterocycles. The molecular weight excluding hydrogens is 300 g/mol. The van der Waals surface area contributed by atoms with E-state index in [9.17, 15) is 13.2 Å². The zero-order valence-electron chi connectivity index (χ0n) is 11.3. The average Bonchev–Trinajstić information content (AvgIpc) is 2.98. The second kappa shape index (κ2) is 5.57. The molecule has 1 aromatic heterocycles. The lowest BCUT2D eigenvalue weighted by Gasteiger charge is -2.11. The molecule has 1 heterocycles. The average molecular weight is 318 g/mol. The van der Waals surface area contributed by atoms with Crippen LogP contribution in [0.15, 0.2) is 0 Å². The summed E-state index contributed by atoms with van der Waals surface area (Å²) in [6.07, 6.45) is 3.34. The number of nitrogens with zero attached hydrogens (tertiary/aromatic N) is 1. The Kier molecular flexibility index (Phi) is 4.19. The van der Waals surface area contributed by atoms with Crippen molar-refractivity contribution in [3.63, 3.8) is 0 Å². The molecule has 1 unspecified atom stereocenters. The number of sulfone groups is 1. The second-order valence-corrected chi connectivity index (χ2v) is 8.30. The van der Waals surface area contributed by atoms with E-state index in [-0.39, 0.29) is 17.5 Å². The molecule has 0 bridgehead atoms. The molecule has 1 saturated carbocycles. The molecule has 1 aliphatic rings. The topological polar surface area (TPSA) is 114 Å². The van der Waals surface area contributed by atoms with Gasteiger partial charge < -0.3 is 16.4 Å². The summed E-state index contributed by atoms with van der Waals surface area (Å²) in [6, 6.07) is -0.0422. The Morgan fingerprint density at radius 1 is 1.55 bits per heavy atom. The number of carbonyl (C=O) groups excluding carboxylic acids is 1. The van der Waals surface area contributed by atoms with Crippen molar-refractivity contribution in [1.82, 2.24) is 10.3 Å². The van der Waals surface area contributed by atoms with Crippen molar-refractivity contribution in [2.45, 2.75) is 31.8 Å². The molecule has 1 amide bonds. The predicted molar refractivity (Wildman–Crippen MR) is 79.8 cm³/mol. The third-order valence-electron chi connectivity index (χ3n) is 2.69. The minimum atomic E-state index is -3.13. The Labute approximate surface area is 121 Å². The van der Waals surface area contributed by atoms with Crippen molar-refractivity contribution >= 4 is 38.0 Å². The van der Waals surface area contributed by atoms with Crippen LogP contribution < -0.4 is 16.4 Å². The van der Waals surface area contributed by atoms with Gasteiger partial charge >= 0.3 is 0 Å². The normalized spacial score (nSPS) is 16.7. The Morgan fingerprint density at radius 2 is 2.20 bits per heavy atom. The number of rotatable bonds is 6. The lowest BCUT2D eigenvalue weighted by molar-refractivity contribution is 0.0948. The number of carbonyl (C=O) groups is 1. The zero-order valence-corrected chi connectivity index (χ0v) is 13.0. The van der Waals surface area contributed by atoms with Crippen molar-refractivity contribution in [3.8, 4) is 0 Å². The van der Waals surface area contributed by atoms with Gasteiger partial charge in [0, 0.05) is 18.3 Å². The summed E-state index contributed by atoms with van der Waals surface area (Å²) < 4.78 is 22.3. The first-order chi connectivity index (χ1) is 9.24. The van der Waals surface area contributed by atoms with Crippen LogP contribution in [0.3, 0.4) is 0 Å². The number of nitrogens with two attached hydrogens (primary N) is 1. The van der Waals surface area contributed by atoms with Gasteiger partial charge in [-0.05, 0) is 19.8 Å². The van der Waals surface area contributed by atoms with E-state index in [4.69, 9.17) is 5.73 Å². The summed E-state index contributed by atoms with van der Waals surface area (Å²) in [7, 11) is -3.13. The smallest absolute Gasteiger partial charge is 0.265 e. The lowest BCUT2D eigenvalue weighted by atomic mass is 10.3. The van der Waals surface area contributed by atoms with E-state index >= 15 is 0 Å². The maximum absolute atomic E-state index is 12.0. The van der Waals surface area contributed by atoms with Crippen LogP contribution in [0.5, 0.6) is 0 Å². The van der Waals surface area contributed by atoms with Crippen molar-refractivity contribution in [2.75, 3.05) is 23.1 Å². The third-order valence-corrected chi connectivity index (χ3v) is 4.80. The van der Waals surface area contributed by atoms with Crippen LogP contribution >= 0.6 is 11.3 Å². The molecule has 0 aliphatic heterocycles. The number of hydrogen-bond donors (Lipinski definition) is 3. The lowest BCUT2D eigenvalue weighted by Crippen LogP contribution is -2.37. The van der Waals surface area contributed by atoms with E-state index in [2.05, 4.69) is 15.6 Å². The molecule has 2 rings (SSSR count). The number of thiazole rings is 1. The van der Waals surface area contributed by atoms with Crippen LogP contribution in [0, 0.1) is 0 Å². The summed E-state index contributed by atoms with van der Waals surface area (Å²) in [5.74, 6) is -0.327. The van der Waals surface area contributed by atoms with Crippen molar-refractivity contribution in [1.29, 1.82) is 0 Å². The van der Waals surface area contributed by atoms with Gasteiger partial charge in [0.05, 0.1) is 5.75 Å². The number of hydrogen-bond acceptors (Lipinski definition) is 7. The first-order valence-electron chi connectivity index (χ1n) is 6.26. The third kappa shape index (κ3) is 4.34. The van der Waals surface area contributed by atoms with E-state index in [1.807, 2.05) is 0 Å². The molecule has 0 aromatic carbocycles. The first kappa shape index (κ1) is 15.0. The molecule has 1 fully saturated rings. The van der Waals surface area contributed by atoms with Crippen LogP contribution in [-0.4, -0.2) is 43.4 Å². The van der Waals surface area contributed by atoms with Crippen LogP contribution in [0.25, 0.3) is 0 Å². The van der Waals surface area contributed by atoms with Crippen molar-refractivity contribution < 1.29 is 13.2 Å². The van der Waals surface area contributed by atoms with Crippen molar-refractivity contribution in [2.24, 2.45) is 0 Å². The molecule has 1 atom stereocenters. The molecule has 20 heavy (non-hydrogen) atoms. The highest BCUT2D eigenvalue weighted by molar-refractivity contribution is 7.90. The molecule has 7 nitrogen and oxygen atoms in total. The van der Waals surface area contributed by atoms with Gasteiger partial charge in [-0.1, -0.05) is 11.3 Å². The second-order valence-electron chi connectivity index (χ2n) is 5.12. The maximum atomic E-state index is 12.0. The number of aromatic nitrogens is 1. The fourth-order valence-corrected chi connectivity index (χ4v) is 3.60. The summed E-state index contributed by atoms with van der Waals surface area (Å²) in [5.41, 5.74) is 5.72. The molecular formula is C11H18N4O3S2. The quantitative estimate of drug-likeness (QED) is 0.702. The van der Waals surface area contributed by atoms with Gasteiger partial charge in [-0.25, -0.2) is 13.4 Å². The molecule has 0 spiro atoms. The number of nitrogens with one attached hydrogen (secondary N) is 2. The molecule has 1 aliphatic carbocycles. The summed E-state index contributed by atoms with van der Waals surface area (Å²) >= 11 is 1.19. The Hall–Kier alpha value is -1.35. The van der Waals surface area contributed by atoms with Crippen LogP contribution in [0.2, 0.25) is 0 Å². The highest BCUT2D eigenvalue weighted by Gasteiger charge is 2.24. The maximum Gasteiger partial charge on any atom is 0.265 e. The van der Waals surface area contributed by atoms with Gasteiger partial charge in [-0.15, -0.1) is 0 Å². The summed E-state index contributed by atoms with van der Waals surface area (Å²) in [4.78, 5) is 16.4. The van der Waals surface area contributed by atoms with Gasteiger partial charge in [-0.2, -0.15) is 0 Å². The molecule has 4 N–H and O–H groups in total. The number of nitrogen functional groups attached to an aromatic ring is 1. The highest BCUT2D eigenvalue weighted by atomic mass is 32.2. The van der Waals surface area contributed by atoms with Gasteiger partial charge in [0.25, 0.3) is 5.91 Å². The predicted octanol–water partition coefficient (Wildman–Crippen LogP) is 0.462. The van der Waals surface area contributed by atoms with E-state index in [0.29, 0.717) is 16.1 Å².